The normalized spacial score (nSPS) is 15.2. The Labute approximate surface area is 162 Å². The highest BCUT2D eigenvalue weighted by Gasteiger charge is 2.45. The molecule has 1 saturated heterocycles. The maximum atomic E-state index is 12.5. The predicted molar refractivity (Wildman–Crippen MR) is 97.5 cm³/mol. The van der Waals surface area contributed by atoms with E-state index in [1.54, 1.807) is 30.3 Å². The minimum atomic E-state index is -1.07. The number of hydrogen-bond donors (Lipinski definition) is 1. The van der Waals surface area contributed by atoms with E-state index < -0.39 is 42.3 Å². The number of rotatable bonds is 8. The first-order valence-electron chi connectivity index (χ1n) is 8.83. The van der Waals surface area contributed by atoms with Crippen molar-refractivity contribution in [2.75, 3.05) is 13.7 Å². The summed E-state index contributed by atoms with van der Waals surface area (Å²) < 4.78 is 4.66. The molecule has 1 aliphatic rings. The number of nitrogens with zero attached hydrogens (tertiary/aromatic N) is 2. The average Bonchev–Trinajstić information content (AvgIpc) is 2.85. The second-order valence-corrected chi connectivity index (χ2v) is 6.82. The number of carbonyl (C=O) groups is 5. The summed E-state index contributed by atoms with van der Waals surface area (Å²) >= 11 is 0. The van der Waals surface area contributed by atoms with Crippen LogP contribution in [0, 0.1) is 5.92 Å². The molecule has 0 radical (unpaired) electrons. The van der Waals surface area contributed by atoms with Gasteiger partial charge in [0.05, 0.1) is 13.7 Å². The summed E-state index contributed by atoms with van der Waals surface area (Å²) in [6.45, 7) is 3.02. The molecule has 1 N–H and O–H groups in total. The van der Waals surface area contributed by atoms with Crippen molar-refractivity contribution in [3.05, 3.63) is 35.9 Å². The molecule has 0 saturated carbocycles. The first kappa shape index (κ1) is 21.1. The smallest absolute Gasteiger partial charge is 0.335 e. The molecule has 9 nitrogen and oxygen atoms in total. The number of methoxy groups -OCH3 is 1. The first-order chi connectivity index (χ1) is 13.2. The highest BCUT2D eigenvalue weighted by atomic mass is 16.5. The summed E-state index contributed by atoms with van der Waals surface area (Å²) in [6, 6.07) is 6.94. The van der Waals surface area contributed by atoms with Gasteiger partial charge in [0.15, 0.2) is 0 Å². The molecule has 28 heavy (non-hydrogen) atoms. The zero-order chi connectivity index (χ0) is 20.8. The molecule has 1 atom stereocenters. The Morgan fingerprint density at radius 1 is 1.04 bits per heavy atom. The van der Waals surface area contributed by atoms with E-state index in [1.165, 1.54) is 7.11 Å². The van der Waals surface area contributed by atoms with Gasteiger partial charge in [-0.3, -0.25) is 19.3 Å². The van der Waals surface area contributed by atoms with Gasteiger partial charge in [0.1, 0.15) is 12.6 Å². The van der Waals surface area contributed by atoms with Crippen LogP contribution < -0.4 is 5.32 Å². The average molecular weight is 389 g/mol. The Balaban J connectivity index is 2.05. The zero-order valence-corrected chi connectivity index (χ0v) is 16.0. The molecule has 1 heterocycles. The second kappa shape index (κ2) is 9.12. The number of hydrogen-bond acceptors (Lipinski definition) is 6. The second-order valence-electron chi connectivity index (χ2n) is 6.82. The van der Waals surface area contributed by atoms with Crippen LogP contribution in [-0.4, -0.2) is 59.2 Å². The van der Waals surface area contributed by atoms with Crippen LogP contribution >= 0.6 is 0 Å². The number of amides is 5. The van der Waals surface area contributed by atoms with E-state index in [0.717, 1.165) is 4.90 Å². The van der Waals surface area contributed by atoms with E-state index in [4.69, 9.17) is 0 Å². The summed E-state index contributed by atoms with van der Waals surface area (Å²) in [5.74, 6) is -3.32. The van der Waals surface area contributed by atoms with Crippen LogP contribution in [0.3, 0.4) is 0 Å². The van der Waals surface area contributed by atoms with E-state index in [1.807, 2.05) is 13.8 Å². The molecule has 1 aliphatic heterocycles. The maximum absolute atomic E-state index is 12.5. The third-order valence-corrected chi connectivity index (χ3v) is 4.15. The predicted octanol–water partition coefficient (Wildman–Crippen LogP) is 0.681. The van der Waals surface area contributed by atoms with Crippen LogP contribution in [-0.2, 0) is 30.5 Å². The van der Waals surface area contributed by atoms with Crippen LogP contribution in [0.2, 0.25) is 0 Å². The lowest BCUT2D eigenvalue weighted by molar-refractivity contribution is -0.146. The molecular weight excluding hydrogens is 366 g/mol. The monoisotopic (exact) mass is 389 g/mol. The standard InChI is InChI=1S/C19H23N3O6/c1-12(2)9-14(18(26)28-3)20-15(23)11-22-17(25)16(24)21(19(22)27)10-13-7-5-4-6-8-13/h4-8,12,14H,9-11H2,1-3H3,(H,20,23)/t14-/m1/s1. The summed E-state index contributed by atoms with van der Waals surface area (Å²) in [5.41, 5.74) is 0.672. The number of benzene rings is 1. The van der Waals surface area contributed by atoms with Gasteiger partial charge in [-0.2, -0.15) is 0 Å². The van der Waals surface area contributed by atoms with E-state index >= 15 is 0 Å². The Bertz CT molecular complexity index is 777. The molecule has 0 aliphatic carbocycles. The third kappa shape index (κ3) is 4.93. The van der Waals surface area contributed by atoms with Crippen LogP contribution in [0.5, 0.6) is 0 Å². The lowest BCUT2D eigenvalue weighted by atomic mass is 10.0. The minimum Gasteiger partial charge on any atom is -0.467 e. The molecular formula is C19H23N3O6. The van der Waals surface area contributed by atoms with E-state index in [-0.39, 0.29) is 12.5 Å². The van der Waals surface area contributed by atoms with Crippen molar-refractivity contribution in [3.8, 4) is 0 Å². The van der Waals surface area contributed by atoms with Crippen molar-refractivity contribution in [2.45, 2.75) is 32.9 Å². The van der Waals surface area contributed by atoms with Gasteiger partial charge >= 0.3 is 23.8 Å². The Kier molecular flexibility index (Phi) is 6.86. The maximum Gasteiger partial charge on any atom is 0.335 e. The van der Waals surface area contributed by atoms with Crippen LogP contribution in [0.25, 0.3) is 0 Å². The largest absolute Gasteiger partial charge is 0.467 e. The molecule has 0 aromatic heterocycles. The topological polar surface area (TPSA) is 113 Å². The number of imide groups is 2. The quantitative estimate of drug-likeness (QED) is 0.397. The first-order valence-corrected chi connectivity index (χ1v) is 8.83. The highest BCUT2D eigenvalue weighted by molar-refractivity contribution is 6.44. The van der Waals surface area contributed by atoms with Gasteiger partial charge in [0.2, 0.25) is 5.91 Å². The van der Waals surface area contributed by atoms with Crippen LogP contribution in [0.4, 0.5) is 4.79 Å². The Morgan fingerprint density at radius 2 is 1.64 bits per heavy atom. The third-order valence-electron chi connectivity index (χ3n) is 4.15. The van der Waals surface area contributed by atoms with Crippen LogP contribution in [0.15, 0.2) is 30.3 Å². The van der Waals surface area contributed by atoms with Gasteiger partial charge in [-0.05, 0) is 17.9 Å². The van der Waals surface area contributed by atoms with Gasteiger partial charge in [-0.15, -0.1) is 0 Å². The van der Waals surface area contributed by atoms with Crippen LogP contribution in [0.1, 0.15) is 25.8 Å². The lowest BCUT2D eigenvalue weighted by Gasteiger charge is -2.20. The summed E-state index contributed by atoms with van der Waals surface area (Å²) in [5, 5.41) is 2.46. The van der Waals surface area contributed by atoms with Crippen molar-refractivity contribution in [2.24, 2.45) is 5.92 Å². The fourth-order valence-electron chi connectivity index (χ4n) is 2.81. The summed E-state index contributed by atoms with van der Waals surface area (Å²) in [6.07, 6.45) is 0.333. The summed E-state index contributed by atoms with van der Waals surface area (Å²) in [7, 11) is 1.20. The number of nitrogens with one attached hydrogen (secondary N) is 1. The van der Waals surface area contributed by atoms with E-state index in [2.05, 4.69) is 10.1 Å². The van der Waals surface area contributed by atoms with E-state index in [0.29, 0.717) is 16.9 Å². The van der Waals surface area contributed by atoms with Gasteiger partial charge in [0.25, 0.3) is 0 Å². The van der Waals surface area contributed by atoms with Crippen molar-refractivity contribution < 1.29 is 28.7 Å². The number of esters is 1. The number of urea groups is 1. The van der Waals surface area contributed by atoms with Gasteiger partial charge in [0, 0.05) is 0 Å². The SMILES string of the molecule is COC(=O)[C@@H](CC(C)C)NC(=O)CN1C(=O)C(=O)N(Cc2ccccc2)C1=O. The van der Waals surface area contributed by atoms with E-state index in [9.17, 15) is 24.0 Å². The van der Waals surface area contributed by atoms with Crippen molar-refractivity contribution in [3.63, 3.8) is 0 Å². The Morgan fingerprint density at radius 3 is 2.21 bits per heavy atom. The minimum absolute atomic E-state index is 0.0689. The molecule has 0 unspecified atom stereocenters. The fourth-order valence-corrected chi connectivity index (χ4v) is 2.81. The fraction of sp³-hybridized carbons (Fsp3) is 0.421. The van der Waals surface area contributed by atoms with Gasteiger partial charge < -0.3 is 10.1 Å². The number of ether oxygens (including phenoxy) is 1. The zero-order valence-electron chi connectivity index (χ0n) is 16.0. The van der Waals surface area contributed by atoms with Crippen molar-refractivity contribution in [1.82, 2.24) is 15.1 Å². The summed E-state index contributed by atoms with van der Waals surface area (Å²) in [4.78, 5) is 62.2. The Hall–Kier alpha value is -3.23. The molecule has 1 fully saturated rings. The molecule has 2 rings (SSSR count). The van der Waals surface area contributed by atoms with Gasteiger partial charge in [-0.25, -0.2) is 14.5 Å². The molecule has 9 heteroatoms. The molecule has 0 spiro atoms. The molecule has 5 amide bonds. The van der Waals surface area contributed by atoms with Gasteiger partial charge in [-0.1, -0.05) is 44.2 Å². The molecule has 0 bridgehead atoms. The molecule has 1 aromatic rings. The molecule has 1 aromatic carbocycles. The lowest BCUT2D eigenvalue weighted by Crippen LogP contribution is -2.48. The van der Waals surface area contributed by atoms with Crippen molar-refractivity contribution >= 4 is 29.7 Å². The highest BCUT2D eigenvalue weighted by Crippen LogP contribution is 2.16. The van der Waals surface area contributed by atoms with Crippen molar-refractivity contribution in [1.29, 1.82) is 0 Å². The molecule has 150 valence electrons. The number of carbonyl (C=O) groups excluding carboxylic acids is 5.